The lowest BCUT2D eigenvalue weighted by Gasteiger charge is -2.23. The van der Waals surface area contributed by atoms with Crippen molar-refractivity contribution >= 4 is 16.8 Å². The average molecular weight is 230 g/mol. The Morgan fingerprint density at radius 2 is 2.24 bits per heavy atom. The third kappa shape index (κ3) is 1.61. The summed E-state index contributed by atoms with van der Waals surface area (Å²) in [6.45, 7) is 4.59. The summed E-state index contributed by atoms with van der Waals surface area (Å²) in [5.41, 5.74) is 8.52. The summed E-state index contributed by atoms with van der Waals surface area (Å²) in [7, 11) is 0. The van der Waals surface area contributed by atoms with Gasteiger partial charge in [0.25, 0.3) is 0 Å². The van der Waals surface area contributed by atoms with E-state index in [1.807, 2.05) is 18.2 Å². The van der Waals surface area contributed by atoms with Crippen LogP contribution in [0.5, 0.6) is 0 Å². The number of aromatic nitrogens is 1. The van der Waals surface area contributed by atoms with Gasteiger partial charge in [-0.3, -0.25) is 0 Å². The van der Waals surface area contributed by atoms with Crippen molar-refractivity contribution in [1.29, 1.82) is 0 Å². The van der Waals surface area contributed by atoms with E-state index in [0.717, 1.165) is 17.0 Å². The van der Waals surface area contributed by atoms with E-state index >= 15 is 0 Å². The molecule has 1 aromatic carbocycles. The van der Waals surface area contributed by atoms with Crippen molar-refractivity contribution in [3.63, 3.8) is 0 Å². The second-order valence-corrected chi connectivity index (χ2v) is 5.68. The minimum atomic E-state index is 0.287. The summed E-state index contributed by atoms with van der Waals surface area (Å²) < 4.78 is 5.88. The second-order valence-electron chi connectivity index (χ2n) is 5.68. The van der Waals surface area contributed by atoms with Gasteiger partial charge in [0.2, 0.25) is 0 Å². The lowest BCUT2D eigenvalue weighted by atomic mass is 9.82. The molecule has 1 atom stereocenters. The fraction of sp³-hybridized carbons (Fsp3) is 0.500. The minimum absolute atomic E-state index is 0.287. The molecule has 3 rings (SSSR count). The Balaban J connectivity index is 2.10. The van der Waals surface area contributed by atoms with Crippen molar-refractivity contribution in [2.45, 2.75) is 39.0 Å². The molecule has 0 saturated heterocycles. The van der Waals surface area contributed by atoms with E-state index in [4.69, 9.17) is 10.2 Å². The van der Waals surface area contributed by atoms with Crippen molar-refractivity contribution in [3.05, 3.63) is 24.1 Å². The van der Waals surface area contributed by atoms with Crippen LogP contribution in [0.25, 0.3) is 11.1 Å². The highest BCUT2D eigenvalue weighted by Gasteiger charge is 2.38. The zero-order chi connectivity index (χ0) is 12.0. The van der Waals surface area contributed by atoms with Crippen LogP contribution in [0.4, 0.5) is 5.69 Å². The fourth-order valence-electron chi connectivity index (χ4n) is 2.92. The normalized spacial score (nSPS) is 23.3. The third-order valence-corrected chi connectivity index (χ3v) is 4.02. The quantitative estimate of drug-likeness (QED) is 0.760. The number of hydrogen-bond donors (Lipinski definition) is 1. The van der Waals surface area contributed by atoms with Crippen molar-refractivity contribution < 1.29 is 4.42 Å². The van der Waals surface area contributed by atoms with E-state index in [-0.39, 0.29) is 5.41 Å². The Labute approximate surface area is 101 Å². The molecule has 1 aliphatic carbocycles. The van der Waals surface area contributed by atoms with Gasteiger partial charge in [-0.2, -0.15) is 0 Å². The molecule has 0 amide bonds. The molecule has 1 fully saturated rings. The first-order valence-electron chi connectivity index (χ1n) is 6.23. The van der Waals surface area contributed by atoms with Crippen molar-refractivity contribution in [2.75, 3.05) is 5.73 Å². The van der Waals surface area contributed by atoms with Gasteiger partial charge in [0.1, 0.15) is 5.52 Å². The standard InChI is InChI=1S/C14H18N2O/c1-14(2)8-4-5-9(14)13-16-12-10(15)6-3-7-11(12)17-13/h3,6-7,9H,4-5,8,15H2,1-2H3. The van der Waals surface area contributed by atoms with Gasteiger partial charge < -0.3 is 10.2 Å². The molecular formula is C14H18N2O. The van der Waals surface area contributed by atoms with Gasteiger partial charge in [-0.15, -0.1) is 0 Å². The molecule has 1 heterocycles. The van der Waals surface area contributed by atoms with Crippen molar-refractivity contribution in [2.24, 2.45) is 5.41 Å². The summed E-state index contributed by atoms with van der Waals surface area (Å²) >= 11 is 0. The first-order valence-corrected chi connectivity index (χ1v) is 6.23. The molecule has 1 unspecified atom stereocenters. The molecule has 3 heteroatoms. The molecule has 2 aromatic rings. The van der Waals surface area contributed by atoms with Crippen molar-refractivity contribution in [1.82, 2.24) is 4.98 Å². The number of nitrogen functional groups attached to an aromatic ring is 1. The monoisotopic (exact) mass is 230 g/mol. The summed E-state index contributed by atoms with van der Waals surface area (Å²) in [5, 5.41) is 0. The third-order valence-electron chi connectivity index (χ3n) is 4.02. The SMILES string of the molecule is CC1(C)CCCC1c1nc2c(N)cccc2o1. The second kappa shape index (κ2) is 3.49. The summed E-state index contributed by atoms with van der Waals surface area (Å²) in [5.74, 6) is 1.29. The summed E-state index contributed by atoms with van der Waals surface area (Å²) in [6, 6.07) is 5.71. The Kier molecular flexibility index (Phi) is 2.18. The molecule has 17 heavy (non-hydrogen) atoms. The predicted octanol–water partition coefficient (Wildman–Crippen LogP) is 3.70. The van der Waals surface area contributed by atoms with E-state index in [1.165, 1.54) is 19.3 Å². The molecule has 1 aliphatic rings. The maximum Gasteiger partial charge on any atom is 0.199 e. The molecular weight excluding hydrogens is 212 g/mol. The van der Waals surface area contributed by atoms with E-state index in [9.17, 15) is 0 Å². The first kappa shape index (κ1) is 10.6. The number of rotatable bonds is 1. The zero-order valence-electron chi connectivity index (χ0n) is 10.4. The summed E-state index contributed by atoms with van der Waals surface area (Å²) in [4.78, 5) is 4.60. The molecule has 90 valence electrons. The predicted molar refractivity (Wildman–Crippen MR) is 68.8 cm³/mol. The van der Waals surface area contributed by atoms with Gasteiger partial charge in [-0.05, 0) is 30.4 Å². The smallest absolute Gasteiger partial charge is 0.199 e. The Morgan fingerprint density at radius 1 is 1.41 bits per heavy atom. The maximum atomic E-state index is 5.91. The van der Waals surface area contributed by atoms with Crippen LogP contribution in [0, 0.1) is 5.41 Å². The van der Waals surface area contributed by atoms with Crippen molar-refractivity contribution in [3.8, 4) is 0 Å². The number of nitrogens with zero attached hydrogens (tertiary/aromatic N) is 1. The van der Waals surface area contributed by atoms with Crippen LogP contribution in [0.3, 0.4) is 0 Å². The highest BCUT2D eigenvalue weighted by Crippen LogP contribution is 2.49. The maximum absolute atomic E-state index is 5.91. The Bertz CT molecular complexity index is 556. The first-order chi connectivity index (χ1) is 8.08. The lowest BCUT2D eigenvalue weighted by molar-refractivity contribution is 0.291. The fourth-order valence-corrected chi connectivity index (χ4v) is 2.92. The zero-order valence-corrected chi connectivity index (χ0v) is 10.4. The molecule has 0 aliphatic heterocycles. The highest BCUT2D eigenvalue weighted by molar-refractivity contribution is 5.85. The number of para-hydroxylation sites is 1. The van der Waals surface area contributed by atoms with Gasteiger partial charge in [-0.25, -0.2) is 4.98 Å². The van der Waals surface area contributed by atoms with Gasteiger partial charge in [-0.1, -0.05) is 26.3 Å². The Hall–Kier alpha value is -1.51. The highest BCUT2D eigenvalue weighted by atomic mass is 16.3. The van der Waals surface area contributed by atoms with Crippen LogP contribution in [0.1, 0.15) is 44.9 Å². The molecule has 2 N–H and O–H groups in total. The van der Waals surface area contributed by atoms with E-state index in [2.05, 4.69) is 18.8 Å². The van der Waals surface area contributed by atoms with E-state index in [1.54, 1.807) is 0 Å². The topological polar surface area (TPSA) is 52.0 Å². The van der Waals surface area contributed by atoms with Gasteiger partial charge in [0.15, 0.2) is 11.5 Å². The van der Waals surface area contributed by atoms with Gasteiger partial charge in [0.05, 0.1) is 5.69 Å². The van der Waals surface area contributed by atoms with E-state index in [0.29, 0.717) is 11.6 Å². The number of hydrogen-bond acceptors (Lipinski definition) is 3. The number of anilines is 1. The van der Waals surface area contributed by atoms with Crippen LogP contribution in [0.2, 0.25) is 0 Å². The molecule has 0 radical (unpaired) electrons. The van der Waals surface area contributed by atoms with Crippen LogP contribution in [-0.2, 0) is 0 Å². The van der Waals surface area contributed by atoms with Crippen LogP contribution in [0.15, 0.2) is 22.6 Å². The molecule has 0 bridgehead atoms. The number of fused-ring (bicyclic) bond motifs is 1. The molecule has 0 spiro atoms. The number of oxazole rings is 1. The van der Waals surface area contributed by atoms with Crippen LogP contribution < -0.4 is 5.73 Å². The number of benzene rings is 1. The molecule has 1 aromatic heterocycles. The van der Waals surface area contributed by atoms with E-state index < -0.39 is 0 Å². The van der Waals surface area contributed by atoms with Gasteiger partial charge in [0, 0.05) is 5.92 Å². The van der Waals surface area contributed by atoms with Gasteiger partial charge >= 0.3 is 0 Å². The minimum Gasteiger partial charge on any atom is -0.440 e. The average Bonchev–Trinajstić information content (AvgIpc) is 2.81. The Morgan fingerprint density at radius 3 is 2.88 bits per heavy atom. The largest absolute Gasteiger partial charge is 0.440 e. The molecule has 1 saturated carbocycles. The van der Waals surface area contributed by atoms with Crippen LogP contribution >= 0.6 is 0 Å². The van der Waals surface area contributed by atoms with Crippen LogP contribution in [-0.4, -0.2) is 4.98 Å². The summed E-state index contributed by atoms with van der Waals surface area (Å²) in [6.07, 6.45) is 3.66. The number of nitrogens with two attached hydrogens (primary N) is 1. The lowest BCUT2D eigenvalue weighted by Crippen LogP contribution is -2.15. The molecule has 3 nitrogen and oxygen atoms in total.